The van der Waals surface area contributed by atoms with Crippen molar-refractivity contribution < 1.29 is 0 Å². The first-order valence-electron chi connectivity index (χ1n) is 5.33. The van der Waals surface area contributed by atoms with E-state index in [2.05, 4.69) is 33.4 Å². The van der Waals surface area contributed by atoms with Crippen LogP contribution in [0.25, 0.3) is 10.1 Å². The fourth-order valence-electron chi connectivity index (χ4n) is 1.91. The summed E-state index contributed by atoms with van der Waals surface area (Å²) in [4.78, 5) is 1.08. The highest BCUT2D eigenvalue weighted by Gasteiger charge is 2.17. The average molecular weight is 359 g/mol. The molecule has 18 heavy (non-hydrogen) atoms. The van der Waals surface area contributed by atoms with Crippen molar-refractivity contribution in [3.63, 3.8) is 0 Å². The second-order valence-corrected chi connectivity index (χ2v) is 7.66. The first kappa shape index (κ1) is 12.6. The molecule has 0 saturated heterocycles. The molecule has 1 aromatic carbocycles. The van der Waals surface area contributed by atoms with E-state index in [-0.39, 0.29) is 6.04 Å². The second-order valence-electron chi connectivity index (χ2n) is 3.94. The van der Waals surface area contributed by atoms with Crippen LogP contribution in [-0.2, 0) is 0 Å². The largest absolute Gasteiger partial charge is 0.320 e. The van der Waals surface area contributed by atoms with E-state index in [1.807, 2.05) is 18.2 Å². The van der Waals surface area contributed by atoms with Crippen molar-refractivity contribution in [1.82, 2.24) is 0 Å². The molecule has 1 unspecified atom stereocenters. The van der Waals surface area contributed by atoms with E-state index in [0.29, 0.717) is 0 Å². The van der Waals surface area contributed by atoms with Gasteiger partial charge in [-0.1, -0.05) is 29.8 Å². The number of rotatable bonds is 2. The number of benzene rings is 1. The molecule has 0 spiro atoms. The Labute approximate surface area is 126 Å². The molecule has 0 bridgehead atoms. The van der Waals surface area contributed by atoms with Gasteiger partial charge in [0.2, 0.25) is 0 Å². The maximum Gasteiger partial charge on any atom is 0.0888 e. The first-order chi connectivity index (χ1) is 8.66. The summed E-state index contributed by atoms with van der Waals surface area (Å²) in [5.41, 5.74) is 7.51. The molecule has 3 rings (SSSR count). The SMILES string of the molecule is NC(c1cc(Cl)c(Br)s1)c1csc2ccccc12. The van der Waals surface area contributed by atoms with E-state index in [9.17, 15) is 0 Å². The van der Waals surface area contributed by atoms with Crippen molar-refractivity contribution in [3.8, 4) is 0 Å². The van der Waals surface area contributed by atoms with Crippen molar-refractivity contribution in [2.45, 2.75) is 6.04 Å². The highest BCUT2D eigenvalue weighted by atomic mass is 79.9. The second kappa shape index (κ2) is 4.94. The molecule has 2 N–H and O–H groups in total. The fourth-order valence-corrected chi connectivity index (χ4v) is 4.67. The van der Waals surface area contributed by atoms with Crippen LogP contribution in [0.15, 0.2) is 39.5 Å². The average Bonchev–Trinajstić information content (AvgIpc) is 2.93. The third kappa shape index (κ3) is 2.12. The van der Waals surface area contributed by atoms with Crippen LogP contribution in [0.1, 0.15) is 16.5 Å². The zero-order valence-corrected chi connectivity index (χ0v) is 13.2. The normalized spacial score (nSPS) is 13.1. The minimum Gasteiger partial charge on any atom is -0.320 e. The Hall–Kier alpha value is -0.390. The number of thiophene rings is 2. The minimum atomic E-state index is -0.116. The van der Waals surface area contributed by atoms with Crippen LogP contribution in [0.4, 0.5) is 0 Å². The summed E-state index contributed by atoms with van der Waals surface area (Å²) in [6.45, 7) is 0. The van der Waals surface area contributed by atoms with Crippen LogP contribution in [0, 0.1) is 0 Å². The van der Waals surface area contributed by atoms with Gasteiger partial charge in [-0.05, 0) is 44.4 Å². The van der Waals surface area contributed by atoms with Gasteiger partial charge in [-0.2, -0.15) is 0 Å². The molecule has 5 heteroatoms. The summed E-state index contributed by atoms with van der Waals surface area (Å²) in [5.74, 6) is 0. The molecular formula is C13H9BrClNS2. The van der Waals surface area contributed by atoms with Crippen LogP contribution in [0.3, 0.4) is 0 Å². The lowest BCUT2D eigenvalue weighted by molar-refractivity contribution is 0.908. The molecule has 92 valence electrons. The Morgan fingerprint density at radius 3 is 2.78 bits per heavy atom. The van der Waals surface area contributed by atoms with Crippen molar-refractivity contribution in [2.75, 3.05) is 0 Å². The highest BCUT2D eigenvalue weighted by molar-refractivity contribution is 9.11. The molecule has 1 nitrogen and oxygen atoms in total. The van der Waals surface area contributed by atoms with Crippen LogP contribution >= 0.6 is 50.2 Å². The van der Waals surface area contributed by atoms with Crippen molar-refractivity contribution in [1.29, 1.82) is 0 Å². The Morgan fingerprint density at radius 1 is 1.28 bits per heavy atom. The molecule has 0 aliphatic carbocycles. The van der Waals surface area contributed by atoms with Gasteiger partial charge in [0.25, 0.3) is 0 Å². The van der Waals surface area contributed by atoms with E-state index >= 15 is 0 Å². The van der Waals surface area contributed by atoms with Crippen LogP contribution in [0.2, 0.25) is 5.02 Å². The monoisotopic (exact) mass is 357 g/mol. The first-order valence-corrected chi connectivity index (χ1v) is 8.20. The standard InChI is InChI=1S/C13H9BrClNS2/c14-13-9(15)5-11(18-13)12(16)8-6-17-10-4-2-1-3-7(8)10/h1-6,12H,16H2. The predicted molar refractivity (Wildman–Crippen MR) is 84.9 cm³/mol. The number of hydrogen-bond donors (Lipinski definition) is 1. The van der Waals surface area contributed by atoms with Gasteiger partial charge in [0.1, 0.15) is 0 Å². The van der Waals surface area contributed by atoms with Crippen molar-refractivity contribution in [3.05, 3.63) is 55.0 Å². The maximum atomic E-state index is 6.35. The van der Waals surface area contributed by atoms with Crippen LogP contribution in [-0.4, -0.2) is 0 Å². The van der Waals surface area contributed by atoms with E-state index in [4.69, 9.17) is 17.3 Å². The van der Waals surface area contributed by atoms with Gasteiger partial charge in [0.05, 0.1) is 14.9 Å². The zero-order chi connectivity index (χ0) is 12.7. The molecular weight excluding hydrogens is 350 g/mol. The molecule has 0 aliphatic rings. The number of hydrogen-bond acceptors (Lipinski definition) is 3. The summed E-state index contributed by atoms with van der Waals surface area (Å²) in [6.07, 6.45) is 0. The minimum absolute atomic E-state index is 0.116. The lowest BCUT2D eigenvalue weighted by Crippen LogP contribution is -2.09. The van der Waals surface area contributed by atoms with Crippen LogP contribution < -0.4 is 5.73 Å². The third-order valence-electron chi connectivity index (χ3n) is 2.82. The third-order valence-corrected chi connectivity index (χ3v) is 6.36. The van der Waals surface area contributed by atoms with E-state index in [1.54, 1.807) is 22.7 Å². The van der Waals surface area contributed by atoms with Gasteiger partial charge >= 0.3 is 0 Å². The molecule has 0 amide bonds. The van der Waals surface area contributed by atoms with Crippen molar-refractivity contribution >= 4 is 60.3 Å². The highest BCUT2D eigenvalue weighted by Crippen LogP contribution is 2.39. The Balaban J connectivity index is 2.09. The molecule has 0 fully saturated rings. The predicted octanol–water partition coefficient (Wildman–Crippen LogP) is 5.43. The number of nitrogens with two attached hydrogens (primary N) is 1. The zero-order valence-electron chi connectivity index (χ0n) is 9.19. The van der Waals surface area contributed by atoms with E-state index in [0.717, 1.165) is 13.7 Å². The summed E-state index contributed by atoms with van der Waals surface area (Å²) in [5, 5.41) is 4.09. The summed E-state index contributed by atoms with van der Waals surface area (Å²) in [6, 6.07) is 10.1. The number of halogens is 2. The van der Waals surface area contributed by atoms with Gasteiger partial charge in [-0.25, -0.2) is 0 Å². The van der Waals surface area contributed by atoms with Gasteiger partial charge in [-0.3, -0.25) is 0 Å². The quantitative estimate of drug-likeness (QED) is 0.649. The Bertz CT molecular complexity index is 684. The molecule has 0 radical (unpaired) electrons. The van der Waals surface area contributed by atoms with E-state index < -0.39 is 0 Å². The van der Waals surface area contributed by atoms with Gasteiger partial charge < -0.3 is 5.73 Å². The van der Waals surface area contributed by atoms with Gasteiger partial charge in [0.15, 0.2) is 0 Å². The van der Waals surface area contributed by atoms with Crippen molar-refractivity contribution in [2.24, 2.45) is 5.73 Å². The Morgan fingerprint density at radius 2 is 2.06 bits per heavy atom. The Kier molecular flexibility index (Phi) is 3.47. The molecule has 2 heterocycles. The maximum absolute atomic E-state index is 6.35. The molecule has 0 saturated carbocycles. The molecule has 0 aliphatic heterocycles. The molecule has 3 aromatic rings. The summed E-state index contributed by atoms with van der Waals surface area (Å²) in [7, 11) is 0. The fraction of sp³-hybridized carbons (Fsp3) is 0.0769. The summed E-state index contributed by atoms with van der Waals surface area (Å²) >= 11 is 12.8. The van der Waals surface area contributed by atoms with Crippen LogP contribution in [0.5, 0.6) is 0 Å². The lowest BCUT2D eigenvalue weighted by atomic mass is 10.1. The molecule has 1 atom stereocenters. The van der Waals surface area contributed by atoms with E-state index in [1.165, 1.54) is 15.6 Å². The lowest BCUT2D eigenvalue weighted by Gasteiger charge is -2.08. The number of fused-ring (bicyclic) bond motifs is 1. The van der Waals surface area contributed by atoms with Gasteiger partial charge in [0, 0.05) is 9.58 Å². The smallest absolute Gasteiger partial charge is 0.0888 e. The topological polar surface area (TPSA) is 26.0 Å². The van der Waals surface area contributed by atoms with Gasteiger partial charge in [-0.15, -0.1) is 22.7 Å². The molecule has 2 aromatic heterocycles. The summed E-state index contributed by atoms with van der Waals surface area (Å²) < 4.78 is 2.21.